The Kier molecular flexibility index (Phi) is 6.51. The van der Waals surface area contributed by atoms with Crippen LogP contribution in [-0.4, -0.2) is 39.0 Å². The predicted molar refractivity (Wildman–Crippen MR) is 113 cm³/mol. The number of halogens is 1. The summed E-state index contributed by atoms with van der Waals surface area (Å²) in [6, 6.07) is 1.93. The number of fused-ring (bicyclic) bond motifs is 1. The molecule has 0 saturated heterocycles. The van der Waals surface area contributed by atoms with Crippen LogP contribution in [0, 0.1) is 26.7 Å². The Morgan fingerprint density at radius 3 is 2.96 bits per heavy atom. The SMILES string of the molecule is C=Ic1cnccc1OCCC1C(=C)CCC2C(CO)[C@H](O)CC[C@@]12C. The summed E-state index contributed by atoms with van der Waals surface area (Å²) >= 11 is -0.302. The molecule has 0 radical (unpaired) electrons. The monoisotopic (exact) mass is 471 g/mol. The Balaban J connectivity index is 1.71. The Morgan fingerprint density at radius 2 is 2.23 bits per heavy atom. The fourth-order valence-electron chi connectivity index (χ4n) is 5.22. The van der Waals surface area contributed by atoms with Gasteiger partial charge < -0.3 is 14.9 Å². The Hall–Kier alpha value is -0.790. The van der Waals surface area contributed by atoms with Gasteiger partial charge in [0.25, 0.3) is 0 Å². The molecule has 144 valence electrons. The highest BCUT2D eigenvalue weighted by Gasteiger charge is 2.52. The third kappa shape index (κ3) is 3.76. The highest BCUT2D eigenvalue weighted by Crippen LogP contribution is 2.57. The minimum absolute atomic E-state index is 0.00649. The van der Waals surface area contributed by atoms with Crippen molar-refractivity contribution in [2.45, 2.75) is 45.1 Å². The van der Waals surface area contributed by atoms with Gasteiger partial charge in [-0.05, 0) is 55.4 Å². The van der Waals surface area contributed by atoms with Crippen molar-refractivity contribution in [3.05, 3.63) is 34.2 Å². The molecule has 4 nitrogen and oxygen atoms in total. The zero-order chi connectivity index (χ0) is 18.7. The molecule has 2 aliphatic carbocycles. The van der Waals surface area contributed by atoms with Crippen molar-refractivity contribution in [3.8, 4) is 5.75 Å². The second-order valence-electron chi connectivity index (χ2n) is 7.89. The number of rotatable bonds is 6. The van der Waals surface area contributed by atoms with Crippen molar-refractivity contribution < 1.29 is 14.9 Å². The normalized spacial score (nSPS) is 34.3. The van der Waals surface area contributed by atoms with Crippen LogP contribution >= 0.6 is 20.7 Å². The average Bonchev–Trinajstić information content (AvgIpc) is 2.65. The first kappa shape index (κ1) is 20.0. The first-order valence-corrected chi connectivity index (χ1v) is 12.0. The molecule has 5 atom stereocenters. The number of aliphatic hydroxyl groups excluding tert-OH is 2. The van der Waals surface area contributed by atoms with Gasteiger partial charge in [0.1, 0.15) is 5.75 Å². The Morgan fingerprint density at radius 1 is 1.42 bits per heavy atom. The quantitative estimate of drug-likeness (QED) is 0.490. The maximum atomic E-state index is 10.3. The first-order valence-electron chi connectivity index (χ1n) is 9.43. The van der Waals surface area contributed by atoms with Gasteiger partial charge >= 0.3 is 0 Å². The van der Waals surface area contributed by atoms with Crippen LogP contribution in [0.15, 0.2) is 30.6 Å². The lowest BCUT2D eigenvalue weighted by Crippen LogP contribution is -2.51. The number of aliphatic hydroxyl groups is 2. The van der Waals surface area contributed by atoms with Gasteiger partial charge in [-0.3, -0.25) is 4.98 Å². The van der Waals surface area contributed by atoms with E-state index < -0.39 is 0 Å². The molecule has 2 aliphatic rings. The molecule has 0 aromatic carbocycles. The van der Waals surface area contributed by atoms with Crippen molar-refractivity contribution in [2.75, 3.05) is 13.2 Å². The van der Waals surface area contributed by atoms with Crippen molar-refractivity contribution in [1.82, 2.24) is 4.98 Å². The van der Waals surface area contributed by atoms with Gasteiger partial charge in [0.15, 0.2) is 0 Å². The summed E-state index contributed by atoms with van der Waals surface area (Å²) in [5.41, 5.74) is 1.39. The lowest BCUT2D eigenvalue weighted by molar-refractivity contribution is -0.0959. The van der Waals surface area contributed by atoms with Crippen LogP contribution in [0.5, 0.6) is 5.75 Å². The summed E-state index contributed by atoms with van der Waals surface area (Å²) in [5.74, 6) is 1.64. The molecule has 0 spiro atoms. The molecule has 2 N–H and O–H groups in total. The molecule has 1 aromatic heterocycles. The minimum Gasteiger partial charge on any atom is -0.492 e. The highest BCUT2D eigenvalue weighted by atomic mass is 127. The van der Waals surface area contributed by atoms with Crippen molar-refractivity contribution in [1.29, 1.82) is 0 Å². The molecule has 0 amide bonds. The summed E-state index contributed by atoms with van der Waals surface area (Å²) in [6.07, 6.45) is 7.95. The lowest BCUT2D eigenvalue weighted by Gasteiger charge is -2.55. The molecule has 1 aromatic rings. The molecule has 2 fully saturated rings. The number of hydrogen-bond acceptors (Lipinski definition) is 4. The molecule has 2 saturated carbocycles. The zero-order valence-corrected chi connectivity index (χ0v) is 17.7. The fourth-order valence-corrected chi connectivity index (χ4v) is 6.29. The Labute approximate surface area is 166 Å². The van der Waals surface area contributed by atoms with E-state index in [4.69, 9.17) is 4.74 Å². The third-order valence-electron chi connectivity index (χ3n) is 6.66. The van der Waals surface area contributed by atoms with E-state index in [9.17, 15) is 10.2 Å². The van der Waals surface area contributed by atoms with E-state index in [-0.39, 0.29) is 44.8 Å². The van der Waals surface area contributed by atoms with Crippen LogP contribution in [0.25, 0.3) is 0 Å². The molecular weight excluding hydrogens is 441 g/mol. The van der Waals surface area contributed by atoms with Gasteiger partial charge in [-0.25, -0.2) is 0 Å². The smallest absolute Gasteiger partial charge is 0.135 e. The highest BCUT2D eigenvalue weighted by molar-refractivity contribution is 14.2. The van der Waals surface area contributed by atoms with Gasteiger partial charge in [0, 0.05) is 24.9 Å². The molecule has 0 aliphatic heterocycles. The molecule has 1 heterocycles. The molecule has 0 bridgehead atoms. The van der Waals surface area contributed by atoms with Crippen LogP contribution in [0.4, 0.5) is 0 Å². The van der Waals surface area contributed by atoms with Crippen molar-refractivity contribution in [2.24, 2.45) is 23.2 Å². The summed E-state index contributed by atoms with van der Waals surface area (Å²) < 4.78 is 11.3. The summed E-state index contributed by atoms with van der Waals surface area (Å²) in [7, 11) is 0. The van der Waals surface area contributed by atoms with Crippen LogP contribution in [-0.2, 0) is 0 Å². The number of allylic oxidation sites excluding steroid dienone is 1. The number of aromatic nitrogens is 1. The van der Waals surface area contributed by atoms with E-state index in [0.717, 1.165) is 41.4 Å². The van der Waals surface area contributed by atoms with Gasteiger partial charge in [-0.2, -0.15) is 0 Å². The van der Waals surface area contributed by atoms with E-state index >= 15 is 0 Å². The van der Waals surface area contributed by atoms with Crippen molar-refractivity contribution >= 4 is 25.2 Å². The minimum atomic E-state index is -0.373. The van der Waals surface area contributed by atoms with Crippen LogP contribution < -0.4 is 4.74 Å². The van der Waals surface area contributed by atoms with Crippen LogP contribution in [0.3, 0.4) is 0 Å². The molecular formula is C21H30INO3. The molecule has 5 heteroatoms. The van der Waals surface area contributed by atoms with E-state index in [1.807, 2.05) is 12.3 Å². The number of nitrogens with zero attached hydrogens (tertiary/aromatic N) is 1. The summed E-state index contributed by atoms with van der Waals surface area (Å²) in [5, 5.41) is 20.2. The largest absolute Gasteiger partial charge is 0.492 e. The lowest BCUT2D eigenvalue weighted by atomic mass is 9.50. The maximum absolute atomic E-state index is 10.3. The zero-order valence-electron chi connectivity index (χ0n) is 15.5. The Bertz CT molecular complexity index is 664. The van der Waals surface area contributed by atoms with E-state index in [1.54, 1.807) is 6.20 Å². The van der Waals surface area contributed by atoms with Gasteiger partial charge in [0.05, 0.1) is 16.3 Å². The van der Waals surface area contributed by atoms with Crippen LogP contribution in [0.2, 0.25) is 0 Å². The van der Waals surface area contributed by atoms with Crippen molar-refractivity contribution in [3.63, 3.8) is 0 Å². The van der Waals surface area contributed by atoms with E-state index in [1.165, 1.54) is 5.57 Å². The second-order valence-corrected chi connectivity index (χ2v) is 9.82. The third-order valence-corrected chi connectivity index (χ3v) is 8.29. The van der Waals surface area contributed by atoms with E-state index in [0.29, 0.717) is 18.4 Å². The molecule has 26 heavy (non-hydrogen) atoms. The standard InChI is InChI=1S/C21H30INO3/c1-14-4-5-17-15(13-24)19(25)6-9-21(17,2)16(14)8-11-26-20-7-10-23-12-18(20)22-3/h7,10,12,15-17,19,24-25H,1,3-6,8-9,11,13H2,2H3/t15?,16?,17?,19-,21+/m1/s1. The van der Waals surface area contributed by atoms with Gasteiger partial charge in [-0.15, -0.1) is 0 Å². The van der Waals surface area contributed by atoms with Gasteiger partial charge in [-0.1, -0.05) is 44.3 Å². The number of ether oxygens (including phenoxy) is 1. The van der Waals surface area contributed by atoms with Crippen LogP contribution in [0.1, 0.15) is 39.0 Å². The summed E-state index contributed by atoms with van der Waals surface area (Å²) in [4.78, 5) is 4.16. The second kappa shape index (κ2) is 8.48. The average molecular weight is 471 g/mol. The first-order chi connectivity index (χ1) is 12.5. The topological polar surface area (TPSA) is 62.6 Å². The molecule has 3 unspecified atom stereocenters. The summed E-state index contributed by atoms with van der Waals surface area (Å²) in [6.45, 7) is 7.43. The van der Waals surface area contributed by atoms with Gasteiger partial charge in [0.2, 0.25) is 0 Å². The predicted octanol–water partition coefficient (Wildman–Crippen LogP) is 3.77. The number of pyridine rings is 1. The number of hydrogen-bond donors (Lipinski definition) is 2. The fraction of sp³-hybridized carbons (Fsp3) is 0.619. The molecule has 3 rings (SSSR count). The van der Waals surface area contributed by atoms with E-state index in [2.05, 4.69) is 23.0 Å². The maximum Gasteiger partial charge on any atom is 0.135 e.